The van der Waals surface area contributed by atoms with E-state index >= 15 is 0 Å². The number of benzene rings is 1. The second-order valence-electron chi connectivity index (χ2n) is 4.55. The molecule has 0 saturated carbocycles. The van der Waals surface area contributed by atoms with Gasteiger partial charge >= 0.3 is 5.97 Å². The largest absolute Gasteiger partial charge is 0.478 e. The minimum absolute atomic E-state index is 0.0559. The van der Waals surface area contributed by atoms with E-state index in [1.54, 1.807) is 19.2 Å². The van der Waals surface area contributed by atoms with E-state index in [0.29, 0.717) is 5.69 Å². The van der Waals surface area contributed by atoms with Crippen molar-refractivity contribution >= 4 is 17.6 Å². The molecule has 2 N–H and O–H groups in total. The summed E-state index contributed by atoms with van der Waals surface area (Å²) in [6, 6.07) is 6.26. The number of carboxylic acids is 1. The fourth-order valence-corrected chi connectivity index (χ4v) is 1.86. The van der Waals surface area contributed by atoms with Gasteiger partial charge < -0.3 is 15.3 Å². The summed E-state index contributed by atoms with van der Waals surface area (Å²) in [4.78, 5) is 24.5. The number of amides is 1. The molecule has 19 heavy (non-hydrogen) atoms. The molecule has 0 radical (unpaired) electrons. The molecule has 1 saturated heterocycles. The summed E-state index contributed by atoms with van der Waals surface area (Å²) in [6.07, 6.45) is 0. The van der Waals surface area contributed by atoms with Crippen LogP contribution in [-0.4, -0.2) is 37.1 Å². The molecule has 0 bridgehead atoms. The van der Waals surface area contributed by atoms with Crippen LogP contribution < -0.4 is 10.2 Å². The fourth-order valence-electron chi connectivity index (χ4n) is 1.86. The maximum Gasteiger partial charge on any atom is 0.335 e. The van der Waals surface area contributed by atoms with Gasteiger partial charge in [0.1, 0.15) is 0 Å². The van der Waals surface area contributed by atoms with E-state index in [0.717, 1.165) is 24.2 Å². The number of carbonyl (C=O) groups excluding carboxylic acids is 1. The SMILES string of the molecule is CC(C(=O)N(C)c1ccc(C(=O)O)cc1)=C1CNC1. The van der Waals surface area contributed by atoms with Gasteiger partial charge in [0, 0.05) is 31.4 Å². The normalized spacial score (nSPS) is 13.7. The third kappa shape index (κ3) is 2.66. The van der Waals surface area contributed by atoms with E-state index < -0.39 is 5.97 Å². The van der Waals surface area contributed by atoms with Crippen LogP contribution in [0.3, 0.4) is 0 Å². The van der Waals surface area contributed by atoms with E-state index in [1.165, 1.54) is 17.0 Å². The van der Waals surface area contributed by atoms with Gasteiger partial charge in [-0.25, -0.2) is 4.79 Å². The first kappa shape index (κ1) is 13.3. The molecule has 1 aliphatic rings. The van der Waals surface area contributed by atoms with Crippen LogP contribution in [0.4, 0.5) is 5.69 Å². The lowest BCUT2D eigenvalue weighted by Crippen LogP contribution is -2.38. The van der Waals surface area contributed by atoms with Crippen LogP contribution in [0.5, 0.6) is 0 Å². The van der Waals surface area contributed by atoms with Crippen molar-refractivity contribution < 1.29 is 14.7 Å². The van der Waals surface area contributed by atoms with Crippen LogP contribution in [0.2, 0.25) is 0 Å². The highest BCUT2D eigenvalue weighted by Gasteiger charge is 2.19. The van der Waals surface area contributed by atoms with Gasteiger partial charge in [-0.2, -0.15) is 0 Å². The Kier molecular flexibility index (Phi) is 3.66. The van der Waals surface area contributed by atoms with E-state index in [1.807, 2.05) is 6.92 Å². The second-order valence-corrected chi connectivity index (χ2v) is 4.55. The van der Waals surface area contributed by atoms with E-state index in [2.05, 4.69) is 5.32 Å². The minimum atomic E-state index is -0.973. The van der Waals surface area contributed by atoms with Crippen molar-refractivity contribution in [1.82, 2.24) is 5.32 Å². The van der Waals surface area contributed by atoms with Gasteiger partial charge in [-0.3, -0.25) is 4.79 Å². The average Bonchev–Trinajstić information content (AvgIpc) is 2.35. The Morgan fingerprint density at radius 1 is 1.21 bits per heavy atom. The summed E-state index contributed by atoms with van der Waals surface area (Å²) in [5.74, 6) is -1.03. The lowest BCUT2D eigenvalue weighted by Gasteiger charge is -2.24. The van der Waals surface area contributed by atoms with Gasteiger partial charge in [0.25, 0.3) is 5.91 Å². The van der Waals surface area contributed by atoms with Crippen molar-refractivity contribution in [3.8, 4) is 0 Å². The molecule has 0 atom stereocenters. The van der Waals surface area contributed by atoms with Gasteiger partial charge in [-0.1, -0.05) is 0 Å². The van der Waals surface area contributed by atoms with Crippen molar-refractivity contribution in [3.63, 3.8) is 0 Å². The molecular weight excluding hydrogens is 244 g/mol. The number of nitrogens with zero attached hydrogens (tertiary/aromatic N) is 1. The molecule has 0 aromatic heterocycles. The first-order chi connectivity index (χ1) is 9.00. The standard InChI is InChI=1S/C14H16N2O3/c1-9(11-7-15-8-11)13(17)16(2)12-5-3-10(4-6-12)14(18)19/h3-6,15H,7-8H2,1-2H3,(H,18,19). The zero-order valence-electron chi connectivity index (χ0n) is 10.9. The third-order valence-electron chi connectivity index (χ3n) is 3.33. The third-order valence-corrected chi connectivity index (χ3v) is 3.33. The molecule has 5 heteroatoms. The maximum atomic E-state index is 12.2. The Hall–Kier alpha value is -2.14. The molecule has 1 heterocycles. The molecule has 0 aliphatic carbocycles. The quantitative estimate of drug-likeness (QED) is 0.803. The number of rotatable bonds is 3. The van der Waals surface area contributed by atoms with E-state index in [-0.39, 0.29) is 11.5 Å². The van der Waals surface area contributed by atoms with Gasteiger partial charge in [0.2, 0.25) is 0 Å². The molecule has 0 unspecified atom stereocenters. The average molecular weight is 260 g/mol. The van der Waals surface area contributed by atoms with Gasteiger partial charge in [0.05, 0.1) is 5.56 Å². The highest BCUT2D eigenvalue weighted by atomic mass is 16.4. The zero-order chi connectivity index (χ0) is 14.0. The smallest absolute Gasteiger partial charge is 0.335 e. The first-order valence-corrected chi connectivity index (χ1v) is 6.01. The molecule has 0 spiro atoms. The summed E-state index contributed by atoms with van der Waals surface area (Å²) < 4.78 is 0. The molecule has 1 aromatic rings. The maximum absolute atomic E-state index is 12.2. The van der Waals surface area contributed by atoms with Crippen LogP contribution in [0, 0.1) is 0 Å². The summed E-state index contributed by atoms with van der Waals surface area (Å²) >= 11 is 0. The van der Waals surface area contributed by atoms with Crippen LogP contribution in [0.25, 0.3) is 0 Å². The van der Waals surface area contributed by atoms with Crippen LogP contribution in [0.15, 0.2) is 35.4 Å². The van der Waals surface area contributed by atoms with E-state index in [4.69, 9.17) is 5.11 Å². The first-order valence-electron chi connectivity index (χ1n) is 6.01. The topological polar surface area (TPSA) is 69.6 Å². The van der Waals surface area contributed by atoms with Gasteiger partial charge in [-0.15, -0.1) is 0 Å². The van der Waals surface area contributed by atoms with Crippen LogP contribution in [-0.2, 0) is 4.79 Å². The monoisotopic (exact) mass is 260 g/mol. The van der Waals surface area contributed by atoms with Gasteiger partial charge in [0.15, 0.2) is 0 Å². The highest BCUT2D eigenvalue weighted by Crippen LogP contribution is 2.18. The predicted octanol–water partition coefficient (Wildman–Crippen LogP) is 1.27. The van der Waals surface area contributed by atoms with Crippen LogP contribution in [0.1, 0.15) is 17.3 Å². The second kappa shape index (κ2) is 5.24. The molecule has 1 aliphatic heterocycles. The van der Waals surface area contributed by atoms with Gasteiger partial charge in [-0.05, 0) is 36.8 Å². The molecule has 2 rings (SSSR count). The van der Waals surface area contributed by atoms with E-state index in [9.17, 15) is 9.59 Å². The lowest BCUT2D eigenvalue weighted by atomic mass is 10.0. The Labute approximate surface area is 111 Å². The van der Waals surface area contributed by atoms with Crippen molar-refractivity contribution in [2.24, 2.45) is 0 Å². The number of hydrogen-bond acceptors (Lipinski definition) is 3. The molecular formula is C14H16N2O3. The van der Waals surface area contributed by atoms with Crippen LogP contribution >= 0.6 is 0 Å². The lowest BCUT2D eigenvalue weighted by molar-refractivity contribution is -0.114. The summed E-state index contributed by atoms with van der Waals surface area (Å²) in [5, 5.41) is 11.9. The minimum Gasteiger partial charge on any atom is -0.478 e. The predicted molar refractivity (Wildman–Crippen MR) is 72.4 cm³/mol. The van der Waals surface area contributed by atoms with Crippen molar-refractivity contribution in [2.45, 2.75) is 6.92 Å². The summed E-state index contributed by atoms with van der Waals surface area (Å²) in [7, 11) is 1.69. The number of carbonyl (C=O) groups is 2. The van der Waals surface area contributed by atoms with Crippen molar-refractivity contribution in [3.05, 3.63) is 41.0 Å². The summed E-state index contributed by atoms with van der Waals surface area (Å²) in [5.41, 5.74) is 2.77. The Bertz CT molecular complexity index is 540. The Balaban J connectivity index is 2.17. The number of nitrogens with one attached hydrogen (secondary N) is 1. The summed E-state index contributed by atoms with van der Waals surface area (Å²) in [6.45, 7) is 3.35. The number of likely N-dealkylation sites (N-methyl/N-ethyl adjacent to an activating group) is 1. The molecule has 5 nitrogen and oxygen atoms in total. The molecule has 1 fully saturated rings. The van der Waals surface area contributed by atoms with Crippen molar-refractivity contribution in [2.75, 3.05) is 25.0 Å². The zero-order valence-corrected chi connectivity index (χ0v) is 10.9. The molecule has 1 aromatic carbocycles. The Morgan fingerprint density at radius 3 is 2.21 bits per heavy atom. The number of anilines is 1. The number of hydrogen-bond donors (Lipinski definition) is 2. The van der Waals surface area contributed by atoms with Crippen molar-refractivity contribution in [1.29, 1.82) is 0 Å². The molecule has 100 valence electrons. The number of carboxylic acid groups (broad SMARTS) is 1. The fraction of sp³-hybridized carbons (Fsp3) is 0.286. The highest BCUT2D eigenvalue weighted by molar-refractivity contribution is 6.05. The number of aromatic carboxylic acids is 1. The Morgan fingerprint density at radius 2 is 1.79 bits per heavy atom. The molecule has 1 amide bonds.